The average Bonchev–Trinajstić information content (AvgIpc) is 2.12. The van der Waals surface area contributed by atoms with Gasteiger partial charge in [-0.15, -0.1) is 0 Å². The number of nitrogens with zero attached hydrogens (tertiary/aromatic N) is 1. The molecule has 0 aromatic rings. The first kappa shape index (κ1) is 10.5. The second-order valence-electron chi connectivity index (χ2n) is 4.33. The normalized spacial score (nSPS) is 34.1. The molecule has 0 aliphatic heterocycles. The number of nitrogens with one attached hydrogen (secondary N) is 1. The molecule has 2 nitrogen and oxygen atoms in total. The van der Waals surface area contributed by atoms with E-state index in [1.807, 2.05) is 0 Å². The Bertz CT molecular complexity index is 183. The Morgan fingerprint density at radius 1 is 1.31 bits per heavy atom. The van der Waals surface area contributed by atoms with Crippen molar-refractivity contribution < 1.29 is 0 Å². The predicted molar refractivity (Wildman–Crippen MR) is 54.2 cm³/mol. The van der Waals surface area contributed by atoms with Crippen LogP contribution in [0.25, 0.3) is 0 Å². The van der Waals surface area contributed by atoms with Gasteiger partial charge in [0.05, 0.1) is 6.07 Å². The lowest BCUT2D eigenvalue weighted by molar-refractivity contribution is 0.227. The molecule has 0 radical (unpaired) electrons. The molecule has 1 rings (SSSR count). The van der Waals surface area contributed by atoms with Crippen LogP contribution in [0.3, 0.4) is 0 Å². The van der Waals surface area contributed by atoms with E-state index in [9.17, 15) is 0 Å². The van der Waals surface area contributed by atoms with Gasteiger partial charge in [0.1, 0.15) is 0 Å². The van der Waals surface area contributed by atoms with Gasteiger partial charge in [0.15, 0.2) is 0 Å². The fraction of sp³-hybridized carbons (Fsp3) is 0.909. The maximum absolute atomic E-state index is 8.40. The van der Waals surface area contributed by atoms with Crippen molar-refractivity contribution in [2.75, 3.05) is 6.54 Å². The van der Waals surface area contributed by atoms with Gasteiger partial charge in [0.2, 0.25) is 0 Å². The van der Waals surface area contributed by atoms with Crippen molar-refractivity contribution in [3.8, 4) is 6.07 Å². The molecule has 1 aliphatic rings. The highest BCUT2D eigenvalue weighted by molar-refractivity contribution is 4.81. The second kappa shape index (κ2) is 5.24. The van der Waals surface area contributed by atoms with Crippen LogP contribution in [-0.4, -0.2) is 12.6 Å². The highest BCUT2D eigenvalue weighted by Crippen LogP contribution is 2.29. The zero-order valence-corrected chi connectivity index (χ0v) is 8.71. The van der Waals surface area contributed by atoms with Crippen molar-refractivity contribution in [2.45, 2.75) is 45.6 Å². The minimum Gasteiger partial charge on any atom is -0.313 e. The van der Waals surface area contributed by atoms with Crippen LogP contribution in [0.2, 0.25) is 0 Å². The molecule has 13 heavy (non-hydrogen) atoms. The molecule has 1 N–H and O–H groups in total. The molecule has 1 saturated carbocycles. The Morgan fingerprint density at radius 3 is 2.69 bits per heavy atom. The number of hydrogen-bond acceptors (Lipinski definition) is 2. The molecule has 3 atom stereocenters. The SMILES string of the molecule is CC1CCC(NCCC#N)CC1C. The van der Waals surface area contributed by atoms with Gasteiger partial charge in [0.25, 0.3) is 0 Å². The monoisotopic (exact) mass is 180 g/mol. The summed E-state index contributed by atoms with van der Waals surface area (Å²) in [6.07, 6.45) is 4.55. The van der Waals surface area contributed by atoms with Crippen molar-refractivity contribution in [2.24, 2.45) is 11.8 Å². The van der Waals surface area contributed by atoms with E-state index in [4.69, 9.17) is 5.26 Å². The van der Waals surface area contributed by atoms with Crippen molar-refractivity contribution in [1.82, 2.24) is 5.32 Å². The third-order valence-corrected chi connectivity index (χ3v) is 3.27. The molecule has 3 unspecified atom stereocenters. The highest BCUT2D eigenvalue weighted by atomic mass is 14.9. The molecule has 0 amide bonds. The minimum absolute atomic E-state index is 0.639. The molecule has 74 valence electrons. The molecule has 0 bridgehead atoms. The Balaban J connectivity index is 2.18. The topological polar surface area (TPSA) is 35.8 Å². The lowest BCUT2D eigenvalue weighted by Gasteiger charge is -2.32. The summed E-state index contributed by atoms with van der Waals surface area (Å²) >= 11 is 0. The highest BCUT2D eigenvalue weighted by Gasteiger charge is 2.23. The maximum atomic E-state index is 8.40. The molecule has 0 aromatic heterocycles. The number of hydrogen-bond donors (Lipinski definition) is 1. The van der Waals surface area contributed by atoms with E-state index < -0.39 is 0 Å². The zero-order valence-electron chi connectivity index (χ0n) is 8.71. The zero-order chi connectivity index (χ0) is 9.68. The summed E-state index contributed by atoms with van der Waals surface area (Å²) < 4.78 is 0. The van der Waals surface area contributed by atoms with Gasteiger partial charge in [-0.25, -0.2) is 0 Å². The Kier molecular flexibility index (Phi) is 4.24. The van der Waals surface area contributed by atoms with Crippen LogP contribution in [-0.2, 0) is 0 Å². The van der Waals surface area contributed by atoms with E-state index in [1.54, 1.807) is 0 Å². The third-order valence-electron chi connectivity index (χ3n) is 3.27. The second-order valence-corrected chi connectivity index (χ2v) is 4.33. The van der Waals surface area contributed by atoms with Crippen molar-refractivity contribution >= 4 is 0 Å². The first-order valence-electron chi connectivity index (χ1n) is 5.34. The summed E-state index contributed by atoms with van der Waals surface area (Å²) in [7, 11) is 0. The molecule has 0 saturated heterocycles. The van der Waals surface area contributed by atoms with Crippen LogP contribution >= 0.6 is 0 Å². The molecular formula is C11H20N2. The molecule has 0 spiro atoms. The number of rotatable bonds is 3. The van der Waals surface area contributed by atoms with E-state index in [-0.39, 0.29) is 0 Å². The molecule has 1 fully saturated rings. The Morgan fingerprint density at radius 2 is 2.08 bits per heavy atom. The first-order valence-corrected chi connectivity index (χ1v) is 5.34. The first-order chi connectivity index (χ1) is 6.24. The summed E-state index contributed by atoms with van der Waals surface area (Å²) in [6.45, 7) is 5.54. The summed E-state index contributed by atoms with van der Waals surface area (Å²) in [6, 6.07) is 2.83. The van der Waals surface area contributed by atoms with E-state index in [0.29, 0.717) is 12.5 Å². The molecule has 0 aromatic carbocycles. The molecular weight excluding hydrogens is 160 g/mol. The van der Waals surface area contributed by atoms with E-state index >= 15 is 0 Å². The molecule has 2 heteroatoms. The van der Waals surface area contributed by atoms with Crippen molar-refractivity contribution in [3.05, 3.63) is 0 Å². The van der Waals surface area contributed by atoms with Gasteiger partial charge in [-0.1, -0.05) is 13.8 Å². The fourth-order valence-corrected chi connectivity index (χ4v) is 2.07. The largest absolute Gasteiger partial charge is 0.313 e. The van der Waals surface area contributed by atoms with Crippen LogP contribution in [0.5, 0.6) is 0 Å². The summed E-state index contributed by atoms with van der Waals surface area (Å²) in [5.74, 6) is 1.72. The smallest absolute Gasteiger partial charge is 0.0635 e. The van der Waals surface area contributed by atoms with E-state index in [2.05, 4.69) is 25.2 Å². The molecule has 0 heterocycles. The number of nitriles is 1. The standard InChI is InChI=1S/C11H20N2/c1-9-4-5-11(8-10(9)2)13-7-3-6-12/h9-11,13H,3-5,7-8H2,1-2H3. The lowest BCUT2D eigenvalue weighted by atomic mass is 9.79. The Hall–Kier alpha value is -0.550. The van der Waals surface area contributed by atoms with E-state index in [1.165, 1.54) is 19.3 Å². The quantitative estimate of drug-likeness (QED) is 0.676. The van der Waals surface area contributed by atoms with Gasteiger partial charge in [-0.2, -0.15) is 5.26 Å². The summed E-state index contributed by atoms with van der Waals surface area (Å²) in [5.41, 5.74) is 0. The van der Waals surface area contributed by atoms with Crippen molar-refractivity contribution in [3.63, 3.8) is 0 Å². The van der Waals surface area contributed by atoms with Gasteiger partial charge in [-0.3, -0.25) is 0 Å². The predicted octanol–water partition coefficient (Wildman–Crippen LogP) is 2.31. The van der Waals surface area contributed by atoms with Crippen LogP contribution in [0.4, 0.5) is 0 Å². The van der Waals surface area contributed by atoms with Crippen molar-refractivity contribution in [1.29, 1.82) is 5.26 Å². The van der Waals surface area contributed by atoms with Gasteiger partial charge in [-0.05, 0) is 31.1 Å². The average molecular weight is 180 g/mol. The van der Waals surface area contributed by atoms with Crippen LogP contribution in [0.1, 0.15) is 39.5 Å². The lowest BCUT2D eigenvalue weighted by Crippen LogP contribution is -2.36. The van der Waals surface area contributed by atoms with Crippen LogP contribution < -0.4 is 5.32 Å². The minimum atomic E-state index is 0.639. The third kappa shape index (κ3) is 3.36. The van der Waals surface area contributed by atoms with E-state index in [0.717, 1.165) is 18.4 Å². The maximum Gasteiger partial charge on any atom is 0.0635 e. The molecule has 1 aliphatic carbocycles. The van der Waals surface area contributed by atoms with Gasteiger partial charge < -0.3 is 5.32 Å². The Labute approximate surface area is 81.3 Å². The van der Waals surface area contributed by atoms with Gasteiger partial charge >= 0.3 is 0 Å². The van der Waals surface area contributed by atoms with Gasteiger partial charge in [0, 0.05) is 19.0 Å². The van der Waals surface area contributed by atoms with Crippen LogP contribution in [0, 0.1) is 23.2 Å². The summed E-state index contributed by atoms with van der Waals surface area (Å²) in [4.78, 5) is 0. The van der Waals surface area contributed by atoms with Crippen LogP contribution in [0.15, 0.2) is 0 Å². The fourth-order valence-electron chi connectivity index (χ4n) is 2.07. The summed E-state index contributed by atoms with van der Waals surface area (Å²) in [5, 5.41) is 11.9.